The van der Waals surface area contributed by atoms with Crippen LogP contribution in [0, 0.1) is 12.8 Å². The second kappa shape index (κ2) is 10.3. The summed E-state index contributed by atoms with van der Waals surface area (Å²) in [5.41, 5.74) is 1.66. The van der Waals surface area contributed by atoms with Crippen LogP contribution in [-0.2, 0) is 11.8 Å². The Bertz CT molecular complexity index is 920. The van der Waals surface area contributed by atoms with Gasteiger partial charge in [0.1, 0.15) is 0 Å². The molecule has 2 aromatic rings. The quantitative estimate of drug-likeness (QED) is 0.659. The number of hydrogen-bond donors (Lipinski definition) is 1. The molecule has 0 aliphatic carbocycles. The zero-order valence-corrected chi connectivity index (χ0v) is 19.8. The van der Waals surface area contributed by atoms with Crippen molar-refractivity contribution in [1.82, 2.24) is 29.9 Å². The van der Waals surface area contributed by atoms with Gasteiger partial charge in [0.25, 0.3) is 5.91 Å². The molecule has 1 atom stereocenters. The van der Waals surface area contributed by atoms with Gasteiger partial charge in [0.05, 0.1) is 11.8 Å². The summed E-state index contributed by atoms with van der Waals surface area (Å²) < 4.78 is 1.88. The lowest BCUT2D eigenvalue weighted by Gasteiger charge is -2.32. The fourth-order valence-electron chi connectivity index (χ4n) is 3.54. The molecule has 1 aromatic carbocycles. The number of likely N-dealkylation sites (N-methyl/N-ethyl adjacent to an activating group) is 1. The van der Waals surface area contributed by atoms with E-state index >= 15 is 0 Å². The van der Waals surface area contributed by atoms with Crippen molar-refractivity contribution in [1.29, 1.82) is 0 Å². The van der Waals surface area contributed by atoms with Crippen molar-refractivity contribution in [3.05, 3.63) is 41.2 Å². The Balaban J connectivity index is 1.66. The maximum Gasteiger partial charge on any atom is 0.251 e. The minimum atomic E-state index is -0.284. The van der Waals surface area contributed by atoms with Crippen molar-refractivity contribution in [3.8, 4) is 0 Å². The van der Waals surface area contributed by atoms with Crippen LogP contribution in [0.5, 0.6) is 0 Å². The number of thioether (sulfide) groups is 1. The number of hydrogen-bond acceptors (Lipinski definition) is 6. The van der Waals surface area contributed by atoms with Gasteiger partial charge in [-0.15, -0.1) is 10.2 Å². The molecule has 1 unspecified atom stereocenters. The molecule has 1 aromatic heterocycles. The van der Waals surface area contributed by atoms with Crippen LogP contribution >= 0.6 is 11.8 Å². The van der Waals surface area contributed by atoms with Crippen LogP contribution in [0.3, 0.4) is 0 Å². The molecular weight excluding hydrogens is 412 g/mol. The molecule has 1 aliphatic heterocycles. The van der Waals surface area contributed by atoms with Crippen molar-refractivity contribution in [2.24, 2.45) is 13.0 Å². The van der Waals surface area contributed by atoms with Crippen molar-refractivity contribution in [2.45, 2.75) is 32.0 Å². The predicted molar refractivity (Wildman–Crippen MR) is 122 cm³/mol. The molecule has 168 valence electrons. The average Bonchev–Trinajstić information content (AvgIpc) is 3.10. The smallest absolute Gasteiger partial charge is 0.251 e. The van der Waals surface area contributed by atoms with Gasteiger partial charge in [-0.05, 0) is 32.0 Å². The number of piperazine rings is 1. The van der Waals surface area contributed by atoms with E-state index in [-0.39, 0.29) is 23.8 Å². The summed E-state index contributed by atoms with van der Waals surface area (Å²) in [5.74, 6) is 1.13. The molecular formula is C22H32N6O2S. The molecule has 0 radical (unpaired) electrons. The second-order valence-electron chi connectivity index (χ2n) is 8.44. The summed E-state index contributed by atoms with van der Waals surface area (Å²) in [4.78, 5) is 29.5. The highest BCUT2D eigenvalue weighted by Gasteiger charge is 2.26. The van der Waals surface area contributed by atoms with Gasteiger partial charge in [-0.25, -0.2) is 0 Å². The Kier molecular flexibility index (Phi) is 7.72. The topological polar surface area (TPSA) is 83.4 Å². The van der Waals surface area contributed by atoms with E-state index in [1.807, 2.05) is 61.6 Å². The Labute approximate surface area is 188 Å². The maximum atomic E-state index is 12.8. The van der Waals surface area contributed by atoms with Gasteiger partial charge < -0.3 is 19.7 Å². The van der Waals surface area contributed by atoms with Gasteiger partial charge in [0, 0.05) is 38.8 Å². The van der Waals surface area contributed by atoms with Gasteiger partial charge in [-0.1, -0.05) is 43.3 Å². The third kappa shape index (κ3) is 5.86. The summed E-state index contributed by atoms with van der Waals surface area (Å²) in [6.45, 7) is 9.38. The van der Waals surface area contributed by atoms with E-state index in [1.165, 1.54) is 11.8 Å². The van der Waals surface area contributed by atoms with Crippen molar-refractivity contribution < 1.29 is 9.59 Å². The maximum absolute atomic E-state index is 12.8. The first-order valence-electron chi connectivity index (χ1n) is 10.6. The number of nitrogens with one attached hydrogen (secondary N) is 1. The number of benzene rings is 1. The normalized spacial score (nSPS) is 15.9. The van der Waals surface area contributed by atoms with Crippen LogP contribution in [0.25, 0.3) is 0 Å². The van der Waals surface area contributed by atoms with Crippen LogP contribution in [0.1, 0.15) is 41.6 Å². The van der Waals surface area contributed by atoms with Gasteiger partial charge in [-0.2, -0.15) is 0 Å². The van der Waals surface area contributed by atoms with E-state index < -0.39 is 0 Å². The second-order valence-corrected chi connectivity index (χ2v) is 9.38. The van der Waals surface area contributed by atoms with Gasteiger partial charge in [-0.3, -0.25) is 9.59 Å². The molecule has 1 N–H and O–H groups in total. The van der Waals surface area contributed by atoms with Crippen LogP contribution in [0.2, 0.25) is 0 Å². The Hall–Kier alpha value is -2.39. The Morgan fingerprint density at radius 1 is 1.13 bits per heavy atom. The summed E-state index contributed by atoms with van der Waals surface area (Å²) in [7, 11) is 3.95. The SMILES string of the molecule is Cc1cccc(C(=O)NC(c2nnc(SCC(=O)N3CCN(C)CC3)n2C)C(C)C)c1. The predicted octanol–water partition coefficient (Wildman–Crippen LogP) is 2.12. The van der Waals surface area contributed by atoms with Gasteiger partial charge >= 0.3 is 0 Å². The zero-order valence-electron chi connectivity index (χ0n) is 19.0. The Morgan fingerprint density at radius 2 is 1.84 bits per heavy atom. The van der Waals surface area contributed by atoms with E-state index in [0.717, 1.165) is 31.7 Å². The van der Waals surface area contributed by atoms with Crippen LogP contribution in [-0.4, -0.2) is 75.4 Å². The van der Waals surface area contributed by atoms with Crippen LogP contribution in [0.4, 0.5) is 0 Å². The minimum absolute atomic E-state index is 0.121. The largest absolute Gasteiger partial charge is 0.342 e. The fourth-order valence-corrected chi connectivity index (χ4v) is 4.36. The lowest BCUT2D eigenvalue weighted by atomic mass is 10.0. The Morgan fingerprint density at radius 3 is 2.48 bits per heavy atom. The van der Waals surface area contributed by atoms with E-state index in [2.05, 4.69) is 27.5 Å². The summed E-state index contributed by atoms with van der Waals surface area (Å²) in [6, 6.07) is 7.24. The fraction of sp³-hybridized carbons (Fsp3) is 0.545. The molecule has 1 fully saturated rings. The molecule has 3 rings (SSSR count). The van der Waals surface area contributed by atoms with Crippen LogP contribution < -0.4 is 5.32 Å². The molecule has 0 saturated carbocycles. The van der Waals surface area contributed by atoms with Gasteiger partial charge in [0.2, 0.25) is 5.91 Å². The lowest BCUT2D eigenvalue weighted by Crippen LogP contribution is -2.47. The number of aryl methyl sites for hydroxylation is 1. The summed E-state index contributed by atoms with van der Waals surface area (Å²) in [5, 5.41) is 12.4. The molecule has 0 bridgehead atoms. The van der Waals surface area contributed by atoms with E-state index in [0.29, 0.717) is 22.3 Å². The number of aromatic nitrogens is 3. The number of rotatable bonds is 7. The van der Waals surface area contributed by atoms with E-state index in [9.17, 15) is 9.59 Å². The highest BCUT2D eigenvalue weighted by atomic mass is 32.2. The standard InChI is InChI=1S/C22H32N6O2S/c1-15(2)19(23-21(30)17-8-6-7-16(3)13-17)20-24-25-22(27(20)5)31-14-18(29)28-11-9-26(4)10-12-28/h6-8,13,15,19H,9-12,14H2,1-5H3,(H,23,30). The van der Waals surface area contributed by atoms with E-state index in [4.69, 9.17) is 0 Å². The first-order chi connectivity index (χ1) is 14.8. The highest BCUT2D eigenvalue weighted by Crippen LogP contribution is 2.25. The molecule has 2 heterocycles. The van der Waals surface area contributed by atoms with Crippen molar-refractivity contribution >= 4 is 23.6 Å². The average molecular weight is 445 g/mol. The molecule has 9 heteroatoms. The summed E-state index contributed by atoms with van der Waals surface area (Å²) >= 11 is 1.39. The lowest BCUT2D eigenvalue weighted by molar-refractivity contribution is -0.129. The molecule has 2 amide bonds. The summed E-state index contributed by atoms with van der Waals surface area (Å²) in [6.07, 6.45) is 0. The van der Waals surface area contributed by atoms with Crippen molar-refractivity contribution in [3.63, 3.8) is 0 Å². The number of carbonyl (C=O) groups is 2. The van der Waals surface area contributed by atoms with Gasteiger partial charge in [0.15, 0.2) is 11.0 Å². The third-order valence-corrected chi connectivity index (χ3v) is 6.57. The molecule has 1 saturated heterocycles. The number of nitrogens with zero attached hydrogens (tertiary/aromatic N) is 5. The first-order valence-corrected chi connectivity index (χ1v) is 11.6. The zero-order chi connectivity index (χ0) is 22.5. The molecule has 8 nitrogen and oxygen atoms in total. The highest BCUT2D eigenvalue weighted by molar-refractivity contribution is 7.99. The van der Waals surface area contributed by atoms with E-state index in [1.54, 1.807) is 0 Å². The molecule has 0 spiro atoms. The molecule has 1 aliphatic rings. The monoisotopic (exact) mass is 444 g/mol. The molecule has 31 heavy (non-hydrogen) atoms. The number of carbonyl (C=O) groups excluding carboxylic acids is 2. The third-order valence-electron chi connectivity index (χ3n) is 5.56. The minimum Gasteiger partial charge on any atom is -0.342 e. The van der Waals surface area contributed by atoms with Crippen molar-refractivity contribution in [2.75, 3.05) is 39.0 Å². The first kappa shape index (κ1) is 23.3. The number of amides is 2. The van der Waals surface area contributed by atoms with Crippen LogP contribution in [0.15, 0.2) is 29.4 Å².